The highest BCUT2D eigenvalue weighted by Crippen LogP contribution is 2.47. The maximum atomic E-state index is 15.4. The molecule has 3 aromatic heterocycles. The number of nitrogens with zero attached hydrogens (tertiary/aromatic N) is 7. The van der Waals surface area contributed by atoms with Crippen LogP contribution in [0.3, 0.4) is 0 Å². The average Bonchev–Trinajstić information content (AvgIpc) is 3.08. The Morgan fingerprint density at radius 3 is 2.58 bits per heavy atom. The molecule has 13 heteroatoms. The maximum Gasteiger partial charge on any atom is 0.355 e. The van der Waals surface area contributed by atoms with Crippen LogP contribution in [0.1, 0.15) is 37.9 Å². The summed E-state index contributed by atoms with van der Waals surface area (Å²) in [6, 6.07) is 4.26. The SMILES string of the molecule is C=CC(=O)N1CC2C(=O)N(C)c3c(Cl)c(-c4c(O)cccc4F)nc4c3c(nc(=O)n4-c3c(C)ccnc3C(C)C)N2CC1C. The molecule has 0 bridgehead atoms. The fraction of sp³-hybridized carbons (Fsp3) is 0.312. The van der Waals surface area contributed by atoms with Crippen molar-refractivity contribution in [3.63, 3.8) is 0 Å². The lowest BCUT2D eigenvalue weighted by Crippen LogP contribution is -2.63. The molecule has 0 aliphatic carbocycles. The van der Waals surface area contributed by atoms with Gasteiger partial charge in [-0.25, -0.2) is 18.7 Å². The number of hydrogen-bond donors (Lipinski definition) is 1. The third-order valence-corrected chi connectivity index (χ3v) is 8.85. The molecular formula is C32H31ClFN7O4. The number of hydrogen-bond acceptors (Lipinski definition) is 8. The molecule has 0 spiro atoms. The topological polar surface area (TPSA) is 125 Å². The summed E-state index contributed by atoms with van der Waals surface area (Å²) >= 11 is 7.03. The molecule has 1 saturated heterocycles. The monoisotopic (exact) mass is 631 g/mol. The van der Waals surface area contributed by atoms with E-state index in [9.17, 15) is 19.5 Å². The highest BCUT2D eigenvalue weighted by molar-refractivity contribution is 6.39. The van der Waals surface area contributed by atoms with Gasteiger partial charge in [-0.05, 0) is 49.6 Å². The van der Waals surface area contributed by atoms with Gasteiger partial charge in [-0.3, -0.25) is 14.6 Å². The van der Waals surface area contributed by atoms with Gasteiger partial charge >= 0.3 is 5.69 Å². The van der Waals surface area contributed by atoms with Gasteiger partial charge in [0, 0.05) is 25.8 Å². The van der Waals surface area contributed by atoms with E-state index >= 15 is 4.39 Å². The first-order chi connectivity index (χ1) is 21.4. The number of carbonyl (C=O) groups is 2. The van der Waals surface area contributed by atoms with Crippen LogP contribution in [-0.2, 0) is 9.59 Å². The molecule has 2 unspecified atom stereocenters. The van der Waals surface area contributed by atoms with E-state index in [4.69, 9.17) is 16.6 Å². The zero-order chi connectivity index (χ0) is 32.5. The van der Waals surface area contributed by atoms with Gasteiger partial charge in [-0.2, -0.15) is 4.98 Å². The Balaban J connectivity index is 1.79. The number of halogens is 2. The van der Waals surface area contributed by atoms with Crippen molar-refractivity contribution >= 4 is 46.0 Å². The number of phenols is 1. The molecule has 11 nitrogen and oxygen atoms in total. The first-order valence-corrected chi connectivity index (χ1v) is 14.8. The fourth-order valence-corrected chi connectivity index (χ4v) is 6.65. The number of aryl methyl sites for hydroxylation is 1. The summed E-state index contributed by atoms with van der Waals surface area (Å²) in [6.07, 6.45) is 2.85. The lowest BCUT2D eigenvalue weighted by atomic mass is 10.0. The highest BCUT2D eigenvalue weighted by Gasteiger charge is 2.44. The first-order valence-electron chi connectivity index (χ1n) is 14.4. The number of rotatable bonds is 4. The predicted molar refractivity (Wildman–Crippen MR) is 170 cm³/mol. The largest absolute Gasteiger partial charge is 0.507 e. The molecule has 2 amide bonds. The van der Waals surface area contributed by atoms with Gasteiger partial charge in [0.05, 0.1) is 39.6 Å². The molecule has 2 atom stereocenters. The maximum absolute atomic E-state index is 15.4. The van der Waals surface area contributed by atoms with Crippen LogP contribution in [0.4, 0.5) is 15.9 Å². The van der Waals surface area contributed by atoms with Crippen molar-refractivity contribution in [3.05, 3.63) is 75.7 Å². The van der Waals surface area contributed by atoms with E-state index in [0.29, 0.717) is 16.9 Å². The van der Waals surface area contributed by atoms with Crippen LogP contribution >= 0.6 is 11.6 Å². The lowest BCUT2D eigenvalue weighted by molar-refractivity contribution is -0.130. The Morgan fingerprint density at radius 2 is 1.91 bits per heavy atom. The van der Waals surface area contributed by atoms with E-state index in [2.05, 4.69) is 16.5 Å². The van der Waals surface area contributed by atoms with Crippen molar-refractivity contribution in [1.82, 2.24) is 24.4 Å². The minimum atomic E-state index is -0.929. The molecule has 1 N–H and O–H groups in total. The van der Waals surface area contributed by atoms with Crippen LogP contribution in [0.2, 0.25) is 5.02 Å². The molecule has 1 aromatic carbocycles. The normalized spacial score (nSPS) is 18.0. The van der Waals surface area contributed by atoms with Crippen molar-refractivity contribution in [2.75, 3.05) is 29.9 Å². The number of anilines is 2. The highest BCUT2D eigenvalue weighted by atomic mass is 35.5. The van der Waals surface area contributed by atoms with Crippen LogP contribution in [-0.4, -0.2) is 73.6 Å². The molecule has 5 heterocycles. The minimum absolute atomic E-state index is 0.000652. The second kappa shape index (κ2) is 11.0. The van der Waals surface area contributed by atoms with E-state index in [1.54, 1.807) is 22.1 Å². The molecule has 2 aliphatic rings. The molecule has 0 radical (unpaired) electrons. The molecular weight excluding hydrogens is 601 g/mol. The van der Waals surface area contributed by atoms with Gasteiger partial charge < -0.3 is 19.8 Å². The van der Waals surface area contributed by atoms with E-state index in [0.717, 1.165) is 6.07 Å². The van der Waals surface area contributed by atoms with Crippen molar-refractivity contribution in [2.24, 2.45) is 0 Å². The summed E-state index contributed by atoms with van der Waals surface area (Å²) in [6.45, 7) is 11.3. The van der Waals surface area contributed by atoms with Gasteiger partial charge in [0.15, 0.2) is 5.65 Å². The van der Waals surface area contributed by atoms with Crippen LogP contribution in [0.25, 0.3) is 28.0 Å². The molecule has 0 saturated carbocycles. The van der Waals surface area contributed by atoms with Gasteiger partial charge in [0.25, 0.3) is 5.91 Å². The third-order valence-electron chi connectivity index (χ3n) is 8.50. The average molecular weight is 632 g/mol. The Kier molecular flexibility index (Phi) is 7.35. The second-order valence-corrected chi connectivity index (χ2v) is 12.0. The minimum Gasteiger partial charge on any atom is -0.507 e. The van der Waals surface area contributed by atoms with Gasteiger partial charge in [0.1, 0.15) is 29.1 Å². The van der Waals surface area contributed by atoms with E-state index in [1.165, 1.54) is 34.7 Å². The van der Waals surface area contributed by atoms with Crippen LogP contribution in [0.15, 0.2) is 47.9 Å². The van der Waals surface area contributed by atoms with E-state index in [-0.39, 0.29) is 69.8 Å². The fourth-order valence-electron chi connectivity index (χ4n) is 6.29. The van der Waals surface area contributed by atoms with Crippen molar-refractivity contribution in [2.45, 2.75) is 45.7 Å². The van der Waals surface area contributed by atoms with Crippen LogP contribution in [0.5, 0.6) is 5.75 Å². The smallest absolute Gasteiger partial charge is 0.355 e. The third kappa shape index (κ3) is 4.54. The summed E-state index contributed by atoms with van der Waals surface area (Å²) in [5, 5.41) is 11.0. The Labute approximate surface area is 263 Å². The Morgan fingerprint density at radius 1 is 1.18 bits per heavy atom. The number of amides is 2. The quantitative estimate of drug-likeness (QED) is 0.330. The summed E-state index contributed by atoms with van der Waals surface area (Å²) in [7, 11) is 1.52. The predicted octanol–water partition coefficient (Wildman–Crippen LogP) is 4.34. The molecule has 45 heavy (non-hydrogen) atoms. The number of fused-ring (bicyclic) bond motifs is 2. The van der Waals surface area contributed by atoms with Crippen molar-refractivity contribution < 1.29 is 19.1 Å². The van der Waals surface area contributed by atoms with Crippen LogP contribution in [0, 0.1) is 12.7 Å². The second-order valence-electron chi connectivity index (χ2n) is 11.6. The van der Waals surface area contributed by atoms with Gasteiger partial charge in [-0.1, -0.05) is 38.1 Å². The van der Waals surface area contributed by atoms with Gasteiger partial charge in [0.2, 0.25) is 5.91 Å². The van der Waals surface area contributed by atoms with Gasteiger partial charge in [-0.15, -0.1) is 0 Å². The van der Waals surface area contributed by atoms with Crippen LogP contribution < -0.4 is 15.5 Å². The lowest BCUT2D eigenvalue weighted by Gasteiger charge is -2.44. The number of likely N-dealkylation sites (N-methyl/N-ethyl adjacent to an activating group) is 1. The number of pyridine rings is 2. The molecule has 1 fully saturated rings. The summed E-state index contributed by atoms with van der Waals surface area (Å²) in [4.78, 5) is 59.6. The molecule has 232 valence electrons. The molecule has 6 rings (SSSR count). The number of benzene rings is 1. The number of aromatic hydroxyl groups is 1. The summed E-state index contributed by atoms with van der Waals surface area (Å²) in [5.74, 6) is -1.94. The zero-order valence-electron chi connectivity index (χ0n) is 25.4. The van der Waals surface area contributed by atoms with Crippen molar-refractivity contribution in [3.8, 4) is 22.7 Å². The standard InChI is InChI=1S/C32H31ClFN7O4/c1-7-21(43)39-14-19-31(44)38(6)28-23-29(40(19)13-17(39)5)37-32(45)41(27-16(4)11-12-35-25(27)15(2)3)30(23)36-26(24(28)33)22-18(34)9-8-10-20(22)42/h7-12,15,17,19,42H,1,13-14H2,2-6H3. The number of phenolic OH excluding ortho intramolecular Hbond substituents is 1. The zero-order valence-corrected chi connectivity index (χ0v) is 26.1. The number of carbonyl (C=O) groups excluding carboxylic acids is 2. The molecule has 4 aromatic rings. The summed E-state index contributed by atoms with van der Waals surface area (Å²) in [5.41, 5.74) is 0.799. The Bertz CT molecular complexity index is 1970. The molecule has 2 aliphatic heterocycles. The number of piperazine rings is 1. The Hall–Kier alpha value is -4.84. The van der Waals surface area contributed by atoms with Crippen molar-refractivity contribution in [1.29, 1.82) is 0 Å². The summed E-state index contributed by atoms with van der Waals surface area (Å²) < 4.78 is 16.7. The number of aromatic nitrogens is 4. The first kappa shape index (κ1) is 30.2. The van der Waals surface area contributed by atoms with E-state index < -0.39 is 29.2 Å². The van der Waals surface area contributed by atoms with E-state index in [1.807, 2.05) is 27.7 Å².